The fourth-order valence-electron chi connectivity index (χ4n) is 3.63. The lowest BCUT2D eigenvalue weighted by atomic mass is 9.96. The minimum absolute atomic E-state index is 0.219. The molecule has 128 valence electrons. The summed E-state index contributed by atoms with van der Waals surface area (Å²) in [6.45, 7) is 1.95. The molecule has 3 heterocycles. The van der Waals surface area contributed by atoms with Crippen LogP contribution < -0.4 is 4.90 Å². The van der Waals surface area contributed by atoms with Crippen molar-refractivity contribution in [3.63, 3.8) is 0 Å². The van der Waals surface area contributed by atoms with Gasteiger partial charge in [0, 0.05) is 37.8 Å². The lowest BCUT2D eigenvalue weighted by Crippen LogP contribution is -2.34. The third-order valence-electron chi connectivity index (χ3n) is 4.98. The molecule has 1 aromatic carbocycles. The van der Waals surface area contributed by atoms with Crippen LogP contribution in [-0.4, -0.2) is 27.6 Å². The number of pyridine rings is 1. The summed E-state index contributed by atoms with van der Waals surface area (Å²) < 4.78 is 15.6. The van der Waals surface area contributed by atoms with Gasteiger partial charge < -0.3 is 9.47 Å². The Balaban J connectivity index is 1.51. The highest BCUT2D eigenvalue weighted by Gasteiger charge is 2.25. The zero-order valence-electron chi connectivity index (χ0n) is 14.3. The van der Waals surface area contributed by atoms with E-state index in [9.17, 15) is 4.39 Å². The number of hydrogen-bond donors (Lipinski definition) is 0. The van der Waals surface area contributed by atoms with Crippen molar-refractivity contribution in [1.82, 2.24) is 14.5 Å². The highest BCUT2D eigenvalue weighted by Crippen LogP contribution is 2.31. The maximum Gasteiger partial charge on any atom is 0.128 e. The number of rotatable bonds is 3. The normalized spacial score (nSPS) is 15.5. The first-order chi connectivity index (χ1) is 12.2. The Bertz CT molecular complexity index is 851. The Kier molecular flexibility index (Phi) is 4.22. The molecule has 0 unspecified atom stereocenters. The van der Waals surface area contributed by atoms with Crippen LogP contribution in [0.4, 0.5) is 10.2 Å². The van der Waals surface area contributed by atoms with Crippen molar-refractivity contribution in [2.75, 3.05) is 18.0 Å². The number of benzene rings is 1. The summed E-state index contributed by atoms with van der Waals surface area (Å²) in [4.78, 5) is 11.4. The van der Waals surface area contributed by atoms with Crippen molar-refractivity contribution in [3.8, 4) is 11.3 Å². The fourth-order valence-corrected chi connectivity index (χ4v) is 3.63. The van der Waals surface area contributed by atoms with Crippen LogP contribution in [0.15, 0.2) is 54.9 Å². The topological polar surface area (TPSA) is 34.0 Å². The van der Waals surface area contributed by atoms with Gasteiger partial charge in [0.15, 0.2) is 0 Å². The smallest absolute Gasteiger partial charge is 0.128 e. The number of halogens is 1. The number of nitrogens with zero attached hydrogens (tertiary/aromatic N) is 4. The molecule has 2 aromatic heterocycles. The first-order valence-electron chi connectivity index (χ1n) is 8.66. The summed E-state index contributed by atoms with van der Waals surface area (Å²) in [5.41, 5.74) is 1.83. The van der Waals surface area contributed by atoms with Crippen molar-refractivity contribution in [2.24, 2.45) is 7.05 Å². The molecule has 1 fully saturated rings. The molecule has 4 nitrogen and oxygen atoms in total. The van der Waals surface area contributed by atoms with E-state index in [1.807, 2.05) is 37.6 Å². The Morgan fingerprint density at radius 1 is 1.04 bits per heavy atom. The lowest BCUT2D eigenvalue weighted by Gasteiger charge is -2.32. The number of piperidine rings is 1. The molecule has 0 spiro atoms. The molecule has 0 bridgehead atoms. The molecule has 0 aliphatic carbocycles. The fraction of sp³-hybridized carbons (Fsp3) is 0.300. The first-order valence-corrected chi connectivity index (χ1v) is 8.66. The van der Waals surface area contributed by atoms with E-state index < -0.39 is 0 Å². The molecule has 0 saturated carbocycles. The van der Waals surface area contributed by atoms with E-state index in [0.29, 0.717) is 5.92 Å². The molecule has 0 amide bonds. The summed E-state index contributed by atoms with van der Waals surface area (Å²) in [6.07, 6.45) is 5.79. The standard InChI is InChI=1S/C20H21FN4/c1-24-18(16-5-4-6-17(21)13-16)14-23-20(24)15-8-11-25(12-9-15)19-7-2-3-10-22-19/h2-7,10,13-15H,8-9,11-12H2,1H3. The van der Waals surface area contributed by atoms with Crippen molar-refractivity contribution in [2.45, 2.75) is 18.8 Å². The Morgan fingerprint density at radius 3 is 2.60 bits per heavy atom. The molecular weight excluding hydrogens is 315 g/mol. The van der Waals surface area contributed by atoms with E-state index in [0.717, 1.165) is 48.8 Å². The van der Waals surface area contributed by atoms with E-state index in [4.69, 9.17) is 0 Å². The van der Waals surface area contributed by atoms with Crippen LogP contribution in [0.3, 0.4) is 0 Å². The zero-order chi connectivity index (χ0) is 17.2. The molecule has 0 atom stereocenters. The van der Waals surface area contributed by atoms with Gasteiger partial charge in [0.1, 0.15) is 17.5 Å². The molecule has 0 radical (unpaired) electrons. The van der Waals surface area contributed by atoms with Crippen LogP contribution in [0.1, 0.15) is 24.6 Å². The van der Waals surface area contributed by atoms with Crippen LogP contribution in [-0.2, 0) is 7.05 Å². The van der Waals surface area contributed by atoms with Crippen molar-refractivity contribution < 1.29 is 4.39 Å². The molecule has 1 aliphatic rings. The second-order valence-corrected chi connectivity index (χ2v) is 6.52. The number of aromatic nitrogens is 3. The molecule has 0 N–H and O–H groups in total. The summed E-state index contributed by atoms with van der Waals surface area (Å²) >= 11 is 0. The van der Waals surface area contributed by atoms with Gasteiger partial charge in [-0.25, -0.2) is 14.4 Å². The van der Waals surface area contributed by atoms with Crippen molar-refractivity contribution in [1.29, 1.82) is 0 Å². The SMILES string of the molecule is Cn1c(-c2cccc(F)c2)cnc1C1CCN(c2ccccn2)CC1. The third kappa shape index (κ3) is 3.14. The van der Waals surface area contributed by atoms with Gasteiger partial charge in [0.25, 0.3) is 0 Å². The maximum atomic E-state index is 13.5. The Hall–Kier alpha value is -2.69. The molecule has 3 aromatic rings. The van der Waals surface area contributed by atoms with E-state index in [-0.39, 0.29) is 5.82 Å². The van der Waals surface area contributed by atoms with Gasteiger partial charge in [0.05, 0.1) is 11.9 Å². The Labute approximate surface area is 147 Å². The van der Waals surface area contributed by atoms with Gasteiger partial charge in [-0.2, -0.15) is 0 Å². The van der Waals surface area contributed by atoms with Crippen molar-refractivity contribution >= 4 is 5.82 Å². The summed E-state index contributed by atoms with van der Waals surface area (Å²) in [7, 11) is 2.02. The summed E-state index contributed by atoms with van der Waals surface area (Å²) in [5, 5.41) is 0. The largest absolute Gasteiger partial charge is 0.357 e. The van der Waals surface area contributed by atoms with Crippen LogP contribution in [0, 0.1) is 5.82 Å². The highest BCUT2D eigenvalue weighted by molar-refractivity contribution is 5.59. The van der Waals surface area contributed by atoms with Gasteiger partial charge in [-0.05, 0) is 37.1 Å². The number of hydrogen-bond acceptors (Lipinski definition) is 3. The molecule has 5 heteroatoms. The minimum atomic E-state index is -0.219. The molecule has 25 heavy (non-hydrogen) atoms. The predicted molar refractivity (Wildman–Crippen MR) is 97.0 cm³/mol. The second-order valence-electron chi connectivity index (χ2n) is 6.52. The van der Waals surface area contributed by atoms with Gasteiger partial charge >= 0.3 is 0 Å². The first kappa shape index (κ1) is 15.8. The average molecular weight is 336 g/mol. The predicted octanol–water partition coefficient (Wildman–Crippen LogP) is 4.01. The van der Waals surface area contributed by atoms with Gasteiger partial charge in [-0.15, -0.1) is 0 Å². The van der Waals surface area contributed by atoms with Crippen LogP contribution in [0.25, 0.3) is 11.3 Å². The van der Waals surface area contributed by atoms with Crippen LogP contribution in [0.5, 0.6) is 0 Å². The van der Waals surface area contributed by atoms with E-state index in [1.54, 1.807) is 12.1 Å². The minimum Gasteiger partial charge on any atom is -0.357 e. The summed E-state index contributed by atoms with van der Waals surface area (Å²) in [6, 6.07) is 12.7. The van der Waals surface area contributed by atoms with Gasteiger partial charge in [-0.3, -0.25) is 0 Å². The average Bonchev–Trinajstić information content (AvgIpc) is 3.04. The molecular formula is C20H21FN4. The van der Waals surface area contributed by atoms with Gasteiger partial charge in [-0.1, -0.05) is 18.2 Å². The Morgan fingerprint density at radius 2 is 1.88 bits per heavy atom. The van der Waals surface area contributed by atoms with E-state index in [2.05, 4.69) is 25.5 Å². The molecule has 4 rings (SSSR count). The zero-order valence-corrected chi connectivity index (χ0v) is 14.3. The van der Waals surface area contributed by atoms with E-state index in [1.165, 1.54) is 6.07 Å². The van der Waals surface area contributed by atoms with Crippen molar-refractivity contribution in [3.05, 3.63) is 66.5 Å². The quantitative estimate of drug-likeness (QED) is 0.725. The van der Waals surface area contributed by atoms with E-state index >= 15 is 0 Å². The second kappa shape index (κ2) is 6.67. The molecule has 1 aliphatic heterocycles. The summed E-state index contributed by atoms with van der Waals surface area (Å²) in [5.74, 6) is 2.33. The molecule has 1 saturated heterocycles. The maximum absolute atomic E-state index is 13.5. The van der Waals surface area contributed by atoms with Crippen LogP contribution in [0.2, 0.25) is 0 Å². The highest BCUT2D eigenvalue weighted by atomic mass is 19.1. The number of imidazole rings is 1. The monoisotopic (exact) mass is 336 g/mol. The number of anilines is 1. The van der Waals surface area contributed by atoms with Gasteiger partial charge in [0.2, 0.25) is 0 Å². The van der Waals surface area contributed by atoms with Crippen LogP contribution >= 0.6 is 0 Å². The third-order valence-corrected chi connectivity index (χ3v) is 4.98. The lowest BCUT2D eigenvalue weighted by molar-refractivity contribution is 0.474.